The molecule has 0 aliphatic carbocycles. The Bertz CT molecular complexity index is 1570. The molecule has 4 N–H and O–H groups in total. The number of fused-ring (bicyclic) bond motifs is 1. The lowest BCUT2D eigenvalue weighted by Crippen LogP contribution is -2.34. The van der Waals surface area contributed by atoms with Gasteiger partial charge in [0.2, 0.25) is 10.0 Å². The van der Waals surface area contributed by atoms with Crippen molar-refractivity contribution in [3.8, 4) is 5.69 Å². The summed E-state index contributed by atoms with van der Waals surface area (Å²) in [5.74, 6) is -0.450. The number of benzene rings is 2. The van der Waals surface area contributed by atoms with Crippen LogP contribution in [0.15, 0.2) is 75.3 Å². The second-order valence-corrected chi connectivity index (χ2v) is 9.04. The summed E-state index contributed by atoms with van der Waals surface area (Å²) in [5.41, 5.74) is 0.583. The highest BCUT2D eigenvalue weighted by Crippen LogP contribution is 2.15. The first-order valence-corrected chi connectivity index (χ1v) is 11.5. The summed E-state index contributed by atoms with van der Waals surface area (Å²) in [5, 5.41) is 7.84. The van der Waals surface area contributed by atoms with Crippen molar-refractivity contribution in [2.75, 3.05) is 6.54 Å². The number of nitrogens with one attached hydrogen (secondary N) is 2. The van der Waals surface area contributed by atoms with Crippen LogP contribution in [0.4, 0.5) is 0 Å². The lowest BCUT2D eigenvalue weighted by Gasteiger charge is -2.07. The molecule has 0 saturated heterocycles. The van der Waals surface area contributed by atoms with Crippen molar-refractivity contribution < 1.29 is 13.2 Å². The Morgan fingerprint density at radius 1 is 1.06 bits per heavy atom. The van der Waals surface area contributed by atoms with Crippen LogP contribution in [0.1, 0.15) is 15.9 Å². The number of carbonyl (C=O) groups excluding carboxylic acids is 1. The van der Waals surface area contributed by atoms with Crippen LogP contribution in [0.2, 0.25) is 0 Å². The molecule has 33 heavy (non-hydrogen) atoms. The number of aromatic nitrogens is 3. The van der Waals surface area contributed by atoms with Crippen LogP contribution in [0.3, 0.4) is 0 Å². The number of aromatic amines is 1. The Morgan fingerprint density at radius 3 is 2.36 bits per heavy atom. The van der Waals surface area contributed by atoms with Crippen LogP contribution < -0.4 is 21.7 Å². The maximum atomic E-state index is 13.0. The highest BCUT2D eigenvalue weighted by Gasteiger charge is 2.20. The van der Waals surface area contributed by atoms with E-state index in [1.807, 2.05) is 0 Å². The predicted molar refractivity (Wildman–Crippen MR) is 123 cm³/mol. The van der Waals surface area contributed by atoms with Gasteiger partial charge >= 0.3 is 5.69 Å². The molecule has 1 amide bonds. The summed E-state index contributed by atoms with van der Waals surface area (Å²) in [7, 11) is -2.14. The molecule has 0 radical (unpaired) electrons. The van der Waals surface area contributed by atoms with Gasteiger partial charge in [0.25, 0.3) is 11.5 Å². The Kier molecular flexibility index (Phi) is 5.75. The predicted octanol–water partition coefficient (Wildman–Crippen LogP) is 0.637. The zero-order valence-corrected chi connectivity index (χ0v) is 18.4. The number of hydrogen-bond acceptors (Lipinski definition) is 5. The summed E-state index contributed by atoms with van der Waals surface area (Å²) in [6.45, 7) is 0.259. The van der Waals surface area contributed by atoms with Crippen LogP contribution in [0.5, 0.6) is 0 Å². The zero-order valence-electron chi connectivity index (χ0n) is 17.6. The van der Waals surface area contributed by atoms with Gasteiger partial charge < -0.3 is 14.9 Å². The van der Waals surface area contributed by atoms with Gasteiger partial charge in [-0.05, 0) is 36.2 Å². The molecule has 2 aromatic carbocycles. The van der Waals surface area contributed by atoms with E-state index < -0.39 is 27.2 Å². The van der Waals surface area contributed by atoms with E-state index in [1.165, 1.54) is 22.9 Å². The van der Waals surface area contributed by atoms with Crippen LogP contribution in [-0.2, 0) is 23.5 Å². The molecule has 170 valence electrons. The van der Waals surface area contributed by atoms with Gasteiger partial charge in [-0.15, -0.1) is 0 Å². The Morgan fingerprint density at radius 2 is 1.73 bits per heavy atom. The highest BCUT2D eigenvalue weighted by atomic mass is 32.2. The summed E-state index contributed by atoms with van der Waals surface area (Å²) >= 11 is 0. The fourth-order valence-electron chi connectivity index (χ4n) is 3.62. The largest absolute Gasteiger partial charge is 0.352 e. The first-order chi connectivity index (χ1) is 15.7. The van der Waals surface area contributed by atoms with E-state index in [4.69, 9.17) is 5.14 Å². The fourth-order valence-corrected chi connectivity index (χ4v) is 4.13. The number of hydrogen-bond donors (Lipinski definition) is 3. The fraction of sp³-hybridized carbons (Fsp3) is 0.136. The number of amides is 1. The van der Waals surface area contributed by atoms with Gasteiger partial charge in [-0.2, -0.15) is 0 Å². The Labute approximate surface area is 188 Å². The topological polar surface area (TPSA) is 149 Å². The molecule has 0 unspecified atom stereocenters. The summed E-state index contributed by atoms with van der Waals surface area (Å²) in [6, 6.07) is 14.6. The first-order valence-electron chi connectivity index (χ1n) is 9.96. The van der Waals surface area contributed by atoms with E-state index in [0.717, 1.165) is 10.1 Å². The van der Waals surface area contributed by atoms with Gasteiger partial charge in [0.1, 0.15) is 5.52 Å². The monoisotopic (exact) mass is 467 g/mol. The van der Waals surface area contributed by atoms with Crippen LogP contribution in [0.25, 0.3) is 16.7 Å². The Hall–Kier alpha value is -3.96. The number of primary sulfonamides is 1. The lowest BCUT2D eigenvalue weighted by atomic mass is 10.1. The summed E-state index contributed by atoms with van der Waals surface area (Å²) in [6.07, 6.45) is 1.94. The number of sulfonamides is 1. The van der Waals surface area contributed by atoms with Gasteiger partial charge in [0.15, 0.2) is 0 Å². The van der Waals surface area contributed by atoms with Crippen molar-refractivity contribution in [3.05, 3.63) is 92.8 Å². The van der Waals surface area contributed by atoms with Crippen LogP contribution >= 0.6 is 0 Å². The molecule has 0 fully saturated rings. The molecule has 0 aliphatic heterocycles. The minimum absolute atomic E-state index is 0.0103. The van der Waals surface area contributed by atoms with Crippen molar-refractivity contribution >= 4 is 27.0 Å². The van der Waals surface area contributed by atoms with Gasteiger partial charge in [-0.25, -0.2) is 22.9 Å². The number of aryl methyl sites for hydroxylation is 1. The molecule has 0 spiro atoms. The number of H-pyrrole nitrogens is 1. The Balaban J connectivity index is 1.57. The lowest BCUT2D eigenvalue weighted by molar-refractivity contribution is 0.0955. The standard InChI is InChI=1S/C22H21N5O5S/c1-26-13-17(20(28)24-12-11-14-7-9-16(10-8-14)33(23,31)32)18-19(26)21(29)27(22(30)25-18)15-5-3-2-4-6-15/h2-10,13H,11-12H2,1H3,(H,24,28)(H,25,30)(H2,23,31,32). The maximum absolute atomic E-state index is 13.0. The molecular formula is C22H21N5O5S. The minimum Gasteiger partial charge on any atom is -0.352 e. The van der Waals surface area contributed by atoms with E-state index >= 15 is 0 Å². The molecule has 4 rings (SSSR count). The molecule has 2 heterocycles. The number of nitrogens with two attached hydrogens (primary N) is 1. The average Bonchev–Trinajstić information content (AvgIpc) is 3.10. The molecule has 10 nitrogen and oxygen atoms in total. The quantitative estimate of drug-likeness (QED) is 0.380. The van der Waals surface area contributed by atoms with Gasteiger partial charge in [0, 0.05) is 19.8 Å². The highest BCUT2D eigenvalue weighted by molar-refractivity contribution is 7.89. The van der Waals surface area contributed by atoms with Gasteiger partial charge in [-0.1, -0.05) is 30.3 Å². The molecule has 0 atom stereocenters. The molecule has 0 aliphatic rings. The number of para-hydroxylation sites is 1. The molecule has 0 bridgehead atoms. The maximum Gasteiger partial charge on any atom is 0.333 e. The van der Waals surface area contributed by atoms with E-state index in [1.54, 1.807) is 49.5 Å². The number of carbonyl (C=O) groups is 1. The second-order valence-electron chi connectivity index (χ2n) is 7.48. The van der Waals surface area contributed by atoms with Crippen molar-refractivity contribution in [2.24, 2.45) is 12.2 Å². The van der Waals surface area contributed by atoms with Crippen molar-refractivity contribution in [1.82, 2.24) is 19.4 Å². The van der Waals surface area contributed by atoms with E-state index in [0.29, 0.717) is 12.1 Å². The second kappa shape index (κ2) is 8.52. The third-order valence-electron chi connectivity index (χ3n) is 5.23. The minimum atomic E-state index is -3.76. The molecule has 11 heteroatoms. The van der Waals surface area contributed by atoms with Crippen LogP contribution in [-0.4, -0.2) is 35.0 Å². The third kappa shape index (κ3) is 4.36. The normalized spacial score (nSPS) is 11.6. The molecule has 2 aromatic heterocycles. The third-order valence-corrected chi connectivity index (χ3v) is 6.16. The first kappa shape index (κ1) is 22.2. The van der Waals surface area contributed by atoms with Crippen molar-refractivity contribution in [1.29, 1.82) is 0 Å². The number of nitrogens with zero attached hydrogens (tertiary/aromatic N) is 2. The van der Waals surface area contributed by atoms with Gasteiger partial charge in [-0.3, -0.25) is 9.59 Å². The SMILES string of the molecule is Cn1cc(C(=O)NCCc2ccc(S(N)(=O)=O)cc2)c2[nH]c(=O)n(-c3ccccc3)c(=O)c21. The number of rotatable bonds is 6. The van der Waals surface area contributed by atoms with E-state index in [9.17, 15) is 22.8 Å². The van der Waals surface area contributed by atoms with Crippen molar-refractivity contribution in [2.45, 2.75) is 11.3 Å². The van der Waals surface area contributed by atoms with Crippen molar-refractivity contribution in [3.63, 3.8) is 0 Å². The zero-order chi connectivity index (χ0) is 23.8. The molecular weight excluding hydrogens is 446 g/mol. The summed E-state index contributed by atoms with van der Waals surface area (Å²) in [4.78, 5) is 41.1. The molecule has 4 aromatic rings. The molecule has 0 saturated carbocycles. The smallest absolute Gasteiger partial charge is 0.333 e. The van der Waals surface area contributed by atoms with E-state index in [2.05, 4.69) is 10.3 Å². The van der Waals surface area contributed by atoms with Gasteiger partial charge in [0.05, 0.1) is 21.7 Å². The van der Waals surface area contributed by atoms with E-state index in [-0.39, 0.29) is 28.0 Å². The average molecular weight is 468 g/mol. The summed E-state index contributed by atoms with van der Waals surface area (Å²) < 4.78 is 25.2. The van der Waals surface area contributed by atoms with Crippen LogP contribution in [0, 0.1) is 0 Å².